The third-order valence-electron chi connectivity index (χ3n) is 5.88. The molecule has 5 heterocycles. The van der Waals surface area contributed by atoms with E-state index in [2.05, 4.69) is 40.3 Å². The molecule has 5 aromatic rings. The van der Waals surface area contributed by atoms with Gasteiger partial charge in [-0.15, -0.1) is 0 Å². The number of morpholine rings is 1. The minimum atomic E-state index is -0.179. The van der Waals surface area contributed by atoms with Crippen LogP contribution in [-0.2, 0) is 4.74 Å². The average Bonchev–Trinajstić information content (AvgIpc) is 3.53. The van der Waals surface area contributed by atoms with Crippen LogP contribution in [0.5, 0.6) is 0 Å². The molecule has 0 unspecified atom stereocenters. The second-order valence-corrected chi connectivity index (χ2v) is 8.06. The Morgan fingerprint density at radius 3 is 2.86 bits per heavy atom. The lowest BCUT2D eigenvalue weighted by atomic mass is 10.1. The van der Waals surface area contributed by atoms with Gasteiger partial charge in [0.05, 0.1) is 48.1 Å². The van der Waals surface area contributed by atoms with Gasteiger partial charge in [-0.05, 0) is 18.2 Å². The lowest BCUT2D eigenvalue weighted by Crippen LogP contribution is -2.43. The van der Waals surface area contributed by atoms with Crippen molar-refractivity contribution in [2.75, 3.05) is 31.6 Å². The molecule has 1 aliphatic heterocycles. The number of hydrogen-bond acceptors (Lipinski definition) is 6. The predicted octanol–water partition coefficient (Wildman–Crippen LogP) is 3.98. The topological polar surface area (TPSA) is 129 Å². The molecule has 1 aromatic carbocycles. The van der Waals surface area contributed by atoms with Gasteiger partial charge in [0, 0.05) is 36.6 Å². The van der Waals surface area contributed by atoms with Gasteiger partial charge < -0.3 is 19.9 Å². The lowest BCUT2D eigenvalue weighted by molar-refractivity contribution is 0.0564. The van der Waals surface area contributed by atoms with Crippen LogP contribution in [-0.4, -0.2) is 67.4 Å². The van der Waals surface area contributed by atoms with Crippen molar-refractivity contribution in [3.63, 3.8) is 0 Å². The van der Waals surface area contributed by atoms with E-state index in [0.29, 0.717) is 60.4 Å². The number of amides is 2. The molecule has 3 N–H and O–H groups in total. The first kappa shape index (κ1) is 20.8. The fourth-order valence-electron chi connectivity index (χ4n) is 4.10. The number of carbonyl (C=O) groups excluding carboxylic acids is 1. The predicted molar refractivity (Wildman–Crippen MR) is 130 cm³/mol. The summed E-state index contributed by atoms with van der Waals surface area (Å²) in [5.41, 5.74) is 5.28. The first-order chi connectivity index (χ1) is 17.2. The van der Waals surface area contributed by atoms with Gasteiger partial charge in [0.1, 0.15) is 5.69 Å². The molecule has 0 spiro atoms. The van der Waals surface area contributed by atoms with E-state index < -0.39 is 0 Å². The van der Waals surface area contributed by atoms with Crippen LogP contribution in [0.3, 0.4) is 0 Å². The van der Waals surface area contributed by atoms with E-state index in [1.165, 1.54) is 0 Å². The summed E-state index contributed by atoms with van der Waals surface area (Å²) in [7, 11) is 0. The minimum Gasteiger partial charge on any atom is -0.378 e. The van der Waals surface area contributed by atoms with Gasteiger partial charge in [0.25, 0.3) is 0 Å². The Morgan fingerprint density at radius 2 is 2.00 bits per heavy atom. The largest absolute Gasteiger partial charge is 0.378 e. The number of para-hydroxylation sites is 1. The summed E-state index contributed by atoms with van der Waals surface area (Å²) >= 11 is 0. The van der Waals surface area contributed by atoms with Crippen molar-refractivity contribution < 1.29 is 9.53 Å². The molecule has 1 aliphatic rings. The highest BCUT2D eigenvalue weighted by Gasteiger charge is 2.18. The number of aromatic nitrogens is 6. The van der Waals surface area contributed by atoms with Crippen LogP contribution < -0.4 is 5.32 Å². The number of hydrogen-bond donors (Lipinski definition) is 3. The van der Waals surface area contributed by atoms with Crippen molar-refractivity contribution in [2.45, 2.75) is 0 Å². The molecule has 172 valence electrons. The zero-order valence-electron chi connectivity index (χ0n) is 18.4. The molecular weight excluding hydrogens is 446 g/mol. The molecule has 0 aliphatic carbocycles. The number of anilines is 1. The second kappa shape index (κ2) is 8.51. The van der Waals surface area contributed by atoms with E-state index in [9.17, 15) is 4.79 Å². The molecule has 0 atom stereocenters. The number of nitrogens with one attached hydrogen (secondary N) is 3. The fourth-order valence-corrected chi connectivity index (χ4v) is 4.10. The van der Waals surface area contributed by atoms with Crippen molar-refractivity contribution in [1.82, 2.24) is 35.0 Å². The Hall–Kier alpha value is -4.82. The minimum absolute atomic E-state index is 0.179. The normalized spacial score (nSPS) is 13.7. The van der Waals surface area contributed by atoms with Gasteiger partial charge in [-0.25, -0.2) is 19.6 Å². The van der Waals surface area contributed by atoms with Crippen LogP contribution in [0.1, 0.15) is 0 Å². The van der Waals surface area contributed by atoms with Crippen LogP contribution >= 0.6 is 0 Å². The molecule has 0 bridgehead atoms. The van der Waals surface area contributed by atoms with Gasteiger partial charge in [-0.2, -0.15) is 5.10 Å². The highest BCUT2D eigenvalue weighted by atomic mass is 16.5. The Morgan fingerprint density at radius 1 is 1.14 bits per heavy atom. The van der Waals surface area contributed by atoms with Gasteiger partial charge in [0.2, 0.25) is 5.69 Å². The highest BCUT2D eigenvalue weighted by molar-refractivity contribution is 5.96. The van der Waals surface area contributed by atoms with Crippen LogP contribution in [0.25, 0.3) is 49.6 Å². The summed E-state index contributed by atoms with van der Waals surface area (Å²) < 4.78 is 5.31. The highest BCUT2D eigenvalue weighted by Crippen LogP contribution is 2.31. The van der Waals surface area contributed by atoms with Gasteiger partial charge in [-0.1, -0.05) is 12.1 Å². The first-order valence-electron chi connectivity index (χ1n) is 11.0. The number of pyridine rings is 2. The van der Waals surface area contributed by atoms with Crippen molar-refractivity contribution in [2.24, 2.45) is 0 Å². The monoisotopic (exact) mass is 465 g/mol. The van der Waals surface area contributed by atoms with E-state index >= 15 is 0 Å². The van der Waals surface area contributed by atoms with E-state index in [4.69, 9.17) is 11.3 Å². The van der Waals surface area contributed by atoms with Gasteiger partial charge in [0.15, 0.2) is 11.5 Å². The number of carbonyl (C=O) groups is 1. The van der Waals surface area contributed by atoms with Crippen molar-refractivity contribution in [3.8, 4) is 22.6 Å². The van der Waals surface area contributed by atoms with Gasteiger partial charge >= 0.3 is 6.03 Å². The van der Waals surface area contributed by atoms with Crippen molar-refractivity contribution in [3.05, 3.63) is 60.3 Å². The summed E-state index contributed by atoms with van der Waals surface area (Å²) in [5.74, 6) is 0.571. The maximum absolute atomic E-state index is 12.6. The molecule has 0 saturated carbocycles. The number of nitrogens with zero attached hydrogens (tertiary/aromatic N) is 6. The summed E-state index contributed by atoms with van der Waals surface area (Å²) in [6.07, 6.45) is 5.05. The number of urea groups is 1. The van der Waals surface area contributed by atoms with Gasteiger partial charge in [-0.3, -0.25) is 10.1 Å². The molecule has 11 nitrogen and oxygen atoms in total. The molecule has 4 aromatic heterocycles. The molecular formula is C24H19N9O2. The van der Waals surface area contributed by atoms with Crippen LogP contribution in [0.4, 0.5) is 16.2 Å². The number of ether oxygens (including phenoxy) is 1. The summed E-state index contributed by atoms with van der Waals surface area (Å²) in [6, 6.07) is 9.07. The van der Waals surface area contributed by atoms with E-state index in [-0.39, 0.29) is 6.03 Å². The average molecular weight is 465 g/mol. The molecule has 1 saturated heterocycles. The van der Waals surface area contributed by atoms with E-state index in [1.54, 1.807) is 29.6 Å². The fraction of sp³-hybridized carbons (Fsp3) is 0.167. The Bertz CT molecular complexity index is 1610. The quantitative estimate of drug-likeness (QED) is 0.346. The van der Waals surface area contributed by atoms with Crippen LogP contribution in [0.15, 0.2) is 48.9 Å². The number of aromatic amines is 2. The van der Waals surface area contributed by atoms with E-state index in [1.807, 2.05) is 24.3 Å². The molecule has 1 fully saturated rings. The second-order valence-electron chi connectivity index (χ2n) is 8.06. The molecule has 0 radical (unpaired) electrons. The maximum atomic E-state index is 12.6. The van der Waals surface area contributed by atoms with Crippen molar-refractivity contribution in [1.29, 1.82) is 0 Å². The summed E-state index contributed by atoms with van der Waals surface area (Å²) in [4.78, 5) is 34.5. The number of H-pyrrole nitrogens is 2. The number of benzene rings is 1. The molecule has 35 heavy (non-hydrogen) atoms. The summed E-state index contributed by atoms with van der Waals surface area (Å²) in [5, 5.41) is 11.0. The third-order valence-corrected chi connectivity index (χ3v) is 5.88. The molecule has 6 rings (SSSR count). The van der Waals surface area contributed by atoms with Crippen LogP contribution in [0.2, 0.25) is 0 Å². The zero-order chi connectivity index (χ0) is 23.8. The SMILES string of the molecule is [C-]#[N+]c1cccc2[nH]c(-c3[nH]nc4ncc(-c5cncc(NC(=O)N6CCOCC6)c5)cc34)nc12. The third kappa shape index (κ3) is 3.81. The molecule has 2 amide bonds. The van der Waals surface area contributed by atoms with Crippen LogP contribution in [0, 0.1) is 6.57 Å². The smallest absolute Gasteiger partial charge is 0.322 e. The van der Waals surface area contributed by atoms with E-state index in [0.717, 1.165) is 22.0 Å². The Labute approximate surface area is 199 Å². The zero-order valence-corrected chi connectivity index (χ0v) is 18.4. The Kier molecular flexibility index (Phi) is 5.05. The molecule has 11 heteroatoms. The lowest BCUT2D eigenvalue weighted by Gasteiger charge is -2.26. The number of fused-ring (bicyclic) bond motifs is 2. The maximum Gasteiger partial charge on any atom is 0.322 e. The number of rotatable bonds is 3. The number of imidazole rings is 1. The summed E-state index contributed by atoms with van der Waals surface area (Å²) in [6.45, 7) is 9.57. The standard InChI is InChI=1S/C24H19N9O2/c1-25-18-3-2-4-19-21(18)30-23(29-19)20-17-10-15(12-27-22(17)32-31-20)14-9-16(13-26-11-14)28-24(34)33-5-7-35-8-6-33/h2-4,9-13H,5-8H2,(H,28,34)(H,29,30)(H,27,31,32). The van der Waals surface area contributed by atoms with Crippen molar-refractivity contribution >= 4 is 39.5 Å². The first-order valence-corrected chi connectivity index (χ1v) is 11.0. The Balaban J connectivity index is 1.33.